The number of nitrogens with zero attached hydrogens (tertiary/aromatic N) is 2. The molecule has 0 amide bonds. The largest absolute Gasteiger partial charge is 0.497 e. The number of aromatic nitrogens is 2. The van der Waals surface area contributed by atoms with Crippen LogP contribution < -0.4 is 21.6 Å². The third-order valence-corrected chi connectivity index (χ3v) is 5.16. The van der Waals surface area contributed by atoms with Crippen molar-refractivity contribution in [2.75, 3.05) is 13.7 Å². The summed E-state index contributed by atoms with van der Waals surface area (Å²) in [6.45, 7) is -0.549. The monoisotopic (exact) mass is 416 g/mol. The van der Waals surface area contributed by atoms with E-state index in [1.54, 1.807) is 18.2 Å². The number of hydrogen-bond acceptors (Lipinski definition) is 8. The quantitative estimate of drug-likeness (QED) is 0.547. The molecule has 2 N–H and O–H groups in total. The molecule has 30 heavy (non-hydrogen) atoms. The van der Waals surface area contributed by atoms with Crippen molar-refractivity contribution in [2.24, 2.45) is 0 Å². The second kappa shape index (κ2) is 7.90. The van der Waals surface area contributed by atoms with E-state index in [1.165, 1.54) is 30.0 Å². The van der Waals surface area contributed by atoms with Gasteiger partial charge in [-0.3, -0.25) is 13.9 Å². The normalized spacial score (nSPS) is 21.2. The SMILES string of the molecule is COc1ccc2c(Cn3c(=O)ccn([C@H]4C[C@H](O)[C@@H](CO)O4)c3=O)cc(=O)oc2c1. The standard InChI is InChI=1S/C20H20N2O8/c1-28-12-2-3-13-11(6-19(26)30-15(13)7-12)9-22-17(25)4-5-21(20(22)27)18-8-14(24)16(10-23)29-18/h2-7,14,16,18,23-24H,8-10H2,1H3/t14-,16+,18+/m0/s1. The van der Waals surface area contributed by atoms with Gasteiger partial charge in [-0.2, -0.15) is 0 Å². The Morgan fingerprint density at radius 2 is 2.00 bits per heavy atom. The number of aliphatic hydroxyl groups is 2. The maximum absolute atomic E-state index is 13.0. The van der Waals surface area contributed by atoms with Gasteiger partial charge in [0.2, 0.25) is 0 Å². The zero-order chi connectivity index (χ0) is 21.4. The van der Waals surface area contributed by atoms with E-state index in [0.717, 1.165) is 4.57 Å². The van der Waals surface area contributed by atoms with Gasteiger partial charge in [0, 0.05) is 36.2 Å². The van der Waals surface area contributed by atoms with Gasteiger partial charge >= 0.3 is 11.3 Å². The van der Waals surface area contributed by atoms with E-state index < -0.39 is 35.3 Å². The molecule has 0 spiro atoms. The third-order valence-electron chi connectivity index (χ3n) is 5.16. The molecule has 0 aliphatic carbocycles. The smallest absolute Gasteiger partial charge is 0.336 e. The fourth-order valence-electron chi connectivity index (χ4n) is 3.58. The van der Waals surface area contributed by atoms with Crippen LogP contribution in [0.3, 0.4) is 0 Å². The molecule has 10 heteroatoms. The maximum Gasteiger partial charge on any atom is 0.336 e. The van der Waals surface area contributed by atoms with Gasteiger partial charge in [-0.1, -0.05) is 0 Å². The second-order valence-corrected chi connectivity index (χ2v) is 7.00. The summed E-state index contributed by atoms with van der Waals surface area (Å²) in [5.74, 6) is 0.498. The molecule has 1 fully saturated rings. The molecule has 3 aromatic rings. The van der Waals surface area contributed by atoms with Gasteiger partial charge in [-0.05, 0) is 17.7 Å². The molecule has 1 aromatic carbocycles. The predicted molar refractivity (Wildman–Crippen MR) is 105 cm³/mol. The van der Waals surface area contributed by atoms with Crippen molar-refractivity contribution in [1.82, 2.24) is 9.13 Å². The van der Waals surface area contributed by atoms with Gasteiger partial charge in [-0.25, -0.2) is 9.59 Å². The van der Waals surface area contributed by atoms with Crippen molar-refractivity contribution in [1.29, 1.82) is 0 Å². The van der Waals surface area contributed by atoms with Crippen molar-refractivity contribution in [2.45, 2.75) is 31.4 Å². The minimum Gasteiger partial charge on any atom is -0.497 e. The average molecular weight is 416 g/mol. The first kappa shape index (κ1) is 20.1. The fraction of sp³-hybridized carbons (Fsp3) is 0.350. The van der Waals surface area contributed by atoms with Gasteiger partial charge < -0.3 is 24.1 Å². The lowest BCUT2D eigenvalue weighted by Gasteiger charge is -2.16. The Morgan fingerprint density at radius 1 is 1.20 bits per heavy atom. The molecule has 10 nitrogen and oxygen atoms in total. The molecule has 0 saturated carbocycles. The van der Waals surface area contributed by atoms with Crippen LogP contribution in [-0.4, -0.2) is 45.3 Å². The lowest BCUT2D eigenvalue weighted by Crippen LogP contribution is -2.41. The molecular weight excluding hydrogens is 396 g/mol. The number of rotatable bonds is 5. The highest BCUT2D eigenvalue weighted by atomic mass is 16.5. The van der Waals surface area contributed by atoms with E-state index in [1.807, 2.05) is 0 Å². The molecule has 3 atom stereocenters. The summed E-state index contributed by atoms with van der Waals surface area (Å²) in [7, 11) is 1.48. The highest BCUT2D eigenvalue weighted by Crippen LogP contribution is 2.27. The molecule has 0 bridgehead atoms. The molecule has 2 aromatic heterocycles. The Morgan fingerprint density at radius 3 is 2.70 bits per heavy atom. The van der Waals surface area contributed by atoms with Gasteiger partial charge in [0.25, 0.3) is 5.56 Å². The highest BCUT2D eigenvalue weighted by Gasteiger charge is 2.35. The van der Waals surface area contributed by atoms with Crippen LogP contribution in [0.4, 0.5) is 0 Å². The van der Waals surface area contributed by atoms with Crippen molar-refractivity contribution >= 4 is 11.0 Å². The number of benzene rings is 1. The van der Waals surface area contributed by atoms with Gasteiger partial charge in [-0.15, -0.1) is 0 Å². The average Bonchev–Trinajstić information content (AvgIpc) is 3.10. The van der Waals surface area contributed by atoms with Crippen molar-refractivity contribution < 1.29 is 24.1 Å². The summed E-state index contributed by atoms with van der Waals surface area (Å²) in [6, 6.07) is 7.35. The number of methoxy groups -OCH3 is 1. The summed E-state index contributed by atoms with van der Waals surface area (Å²) in [4.78, 5) is 37.4. The first-order valence-electron chi connectivity index (χ1n) is 9.28. The van der Waals surface area contributed by atoms with Gasteiger partial charge in [0.1, 0.15) is 23.7 Å². The first-order chi connectivity index (χ1) is 14.4. The van der Waals surface area contributed by atoms with Crippen molar-refractivity contribution in [3.8, 4) is 5.75 Å². The van der Waals surface area contributed by atoms with E-state index in [9.17, 15) is 24.6 Å². The predicted octanol–water partition coefficient (Wildman–Crippen LogP) is -0.186. The molecule has 1 aliphatic rings. The summed E-state index contributed by atoms with van der Waals surface area (Å²) >= 11 is 0. The van der Waals surface area contributed by atoms with E-state index in [2.05, 4.69) is 0 Å². The Kier molecular flexibility index (Phi) is 5.29. The molecule has 158 valence electrons. The Hall–Kier alpha value is -3.21. The summed E-state index contributed by atoms with van der Waals surface area (Å²) in [6.07, 6.45) is -1.16. The van der Waals surface area contributed by atoms with Crippen LogP contribution in [0.1, 0.15) is 18.2 Å². The van der Waals surface area contributed by atoms with E-state index >= 15 is 0 Å². The van der Waals surface area contributed by atoms with Crippen molar-refractivity contribution in [3.63, 3.8) is 0 Å². The van der Waals surface area contributed by atoms with Crippen LogP contribution in [0.25, 0.3) is 11.0 Å². The zero-order valence-corrected chi connectivity index (χ0v) is 16.1. The number of aliphatic hydroxyl groups excluding tert-OH is 2. The number of fused-ring (bicyclic) bond motifs is 1. The molecule has 1 aliphatic heterocycles. The second-order valence-electron chi connectivity index (χ2n) is 7.00. The minimum absolute atomic E-state index is 0.0982. The van der Waals surface area contributed by atoms with Crippen LogP contribution in [0.15, 0.2) is 55.3 Å². The van der Waals surface area contributed by atoms with Crippen LogP contribution in [0.5, 0.6) is 5.75 Å². The molecule has 3 heterocycles. The van der Waals surface area contributed by atoms with Gasteiger partial charge in [0.15, 0.2) is 0 Å². The topological polar surface area (TPSA) is 133 Å². The molecule has 4 rings (SSSR count). The van der Waals surface area contributed by atoms with Gasteiger partial charge in [0.05, 0.1) is 26.4 Å². The molecular formula is C20H20N2O8. The Labute approximate surface area is 169 Å². The molecule has 0 radical (unpaired) electrons. The lowest BCUT2D eigenvalue weighted by molar-refractivity contribution is -0.0463. The van der Waals surface area contributed by atoms with E-state index in [-0.39, 0.29) is 25.2 Å². The van der Waals surface area contributed by atoms with E-state index in [0.29, 0.717) is 16.7 Å². The maximum atomic E-state index is 13.0. The first-order valence-corrected chi connectivity index (χ1v) is 9.28. The molecule has 1 saturated heterocycles. The summed E-state index contributed by atoms with van der Waals surface area (Å²) in [5, 5.41) is 19.8. The summed E-state index contributed by atoms with van der Waals surface area (Å²) in [5.41, 5.74) is -1.13. The van der Waals surface area contributed by atoms with Crippen molar-refractivity contribution in [3.05, 3.63) is 73.4 Å². The summed E-state index contributed by atoms with van der Waals surface area (Å²) < 4.78 is 18.0. The Bertz CT molecular complexity index is 1260. The number of hydrogen-bond donors (Lipinski definition) is 2. The van der Waals surface area contributed by atoms with Crippen LogP contribution in [-0.2, 0) is 11.3 Å². The van der Waals surface area contributed by atoms with Crippen LogP contribution in [0.2, 0.25) is 0 Å². The third kappa shape index (κ3) is 3.56. The number of ether oxygens (including phenoxy) is 2. The van der Waals surface area contributed by atoms with Crippen LogP contribution >= 0.6 is 0 Å². The highest BCUT2D eigenvalue weighted by molar-refractivity contribution is 5.81. The lowest BCUT2D eigenvalue weighted by atomic mass is 10.1. The fourth-order valence-corrected chi connectivity index (χ4v) is 3.58. The van der Waals surface area contributed by atoms with Crippen LogP contribution in [0, 0.1) is 0 Å². The molecule has 0 unspecified atom stereocenters. The minimum atomic E-state index is -0.926. The zero-order valence-electron chi connectivity index (χ0n) is 16.1. The Balaban J connectivity index is 1.77. The van der Waals surface area contributed by atoms with E-state index in [4.69, 9.17) is 13.9 Å².